The molecule has 0 aliphatic heterocycles. The van der Waals surface area contributed by atoms with Gasteiger partial charge in [0.2, 0.25) is 5.76 Å². The van der Waals surface area contributed by atoms with E-state index in [1.807, 2.05) is 0 Å². The van der Waals surface area contributed by atoms with Gasteiger partial charge in [-0.25, -0.2) is 4.98 Å². The molecule has 0 aromatic carbocycles. The van der Waals surface area contributed by atoms with E-state index in [9.17, 15) is 4.79 Å². The molecule has 0 radical (unpaired) electrons. The van der Waals surface area contributed by atoms with Gasteiger partial charge in [-0.1, -0.05) is 0 Å². The zero-order valence-electron chi connectivity index (χ0n) is 9.81. The van der Waals surface area contributed by atoms with E-state index in [4.69, 9.17) is 10.2 Å². The molecule has 0 spiro atoms. The lowest BCUT2D eigenvalue weighted by atomic mass is 10.3. The predicted molar refractivity (Wildman–Crippen MR) is 61.6 cm³/mol. The van der Waals surface area contributed by atoms with Crippen LogP contribution in [0.1, 0.15) is 22.1 Å². The quantitative estimate of drug-likeness (QED) is 0.804. The number of aryl methyl sites for hydroxylation is 3. The molecule has 0 saturated carbocycles. The minimum Gasteiger partial charge on any atom is -0.436 e. The van der Waals surface area contributed by atoms with Crippen LogP contribution in [0.3, 0.4) is 0 Å². The van der Waals surface area contributed by atoms with E-state index >= 15 is 0 Å². The summed E-state index contributed by atoms with van der Waals surface area (Å²) in [7, 11) is 1.68. The highest BCUT2D eigenvalue weighted by atomic mass is 16.4. The molecular weight excluding hydrogens is 222 g/mol. The molecule has 2 heterocycles. The SMILES string of the molecule is Cc1nc(C)c(C(=O)Nc2c(N)cnn2C)o1. The zero-order chi connectivity index (χ0) is 12.6. The van der Waals surface area contributed by atoms with Crippen molar-refractivity contribution in [1.82, 2.24) is 14.8 Å². The van der Waals surface area contributed by atoms with Crippen molar-refractivity contribution in [3.63, 3.8) is 0 Å². The molecule has 90 valence electrons. The van der Waals surface area contributed by atoms with Crippen LogP contribution in [0, 0.1) is 13.8 Å². The Morgan fingerprint density at radius 2 is 2.24 bits per heavy atom. The van der Waals surface area contributed by atoms with E-state index in [1.165, 1.54) is 10.9 Å². The number of aromatic nitrogens is 3. The van der Waals surface area contributed by atoms with Crippen molar-refractivity contribution < 1.29 is 9.21 Å². The van der Waals surface area contributed by atoms with Crippen LogP contribution < -0.4 is 11.1 Å². The van der Waals surface area contributed by atoms with Crippen LogP contribution in [0.25, 0.3) is 0 Å². The van der Waals surface area contributed by atoms with Crippen LogP contribution in [0.5, 0.6) is 0 Å². The number of oxazole rings is 1. The van der Waals surface area contributed by atoms with E-state index in [2.05, 4.69) is 15.4 Å². The minimum atomic E-state index is -0.390. The second-order valence-corrected chi connectivity index (χ2v) is 3.67. The first-order chi connectivity index (χ1) is 7.99. The molecule has 0 aliphatic carbocycles. The van der Waals surface area contributed by atoms with Crippen molar-refractivity contribution in [3.8, 4) is 0 Å². The number of carbonyl (C=O) groups excluding carboxylic acids is 1. The molecule has 7 nitrogen and oxygen atoms in total. The van der Waals surface area contributed by atoms with Crippen molar-refractivity contribution >= 4 is 17.4 Å². The highest BCUT2D eigenvalue weighted by Gasteiger charge is 2.18. The van der Waals surface area contributed by atoms with Crippen LogP contribution >= 0.6 is 0 Å². The molecule has 0 atom stereocenters. The number of nitrogens with one attached hydrogen (secondary N) is 1. The average molecular weight is 235 g/mol. The Morgan fingerprint density at radius 3 is 2.71 bits per heavy atom. The molecular formula is C10H13N5O2. The Balaban J connectivity index is 2.26. The minimum absolute atomic E-state index is 0.183. The summed E-state index contributed by atoms with van der Waals surface area (Å²) in [6, 6.07) is 0. The van der Waals surface area contributed by atoms with Crippen LogP contribution in [0.2, 0.25) is 0 Å². The Labute approximate surface area is 97.6 Å². The van der Waals surface area contributed by atoms with Crippen LogP contribution in [-0.4, -0.2) is 20.7 Å². The van der Waals surface area contributed by atoms with Gasteiger partial charge in [0, 0.05) is 14.0 Å². The van der Waals surface area contributed by atoms with Crippen molar-refractivity contribution in [2.75, 3.05) is 11.1 Å². The van der Waals surface area contributed by atoms with Gasteiger partial charge in [0.15, 0.2) is 11.7 Å². The fourth-order valence-electron chi connectivity index (χ4n) is 1.51. The van der Waals surface area contributed by atoms with Crippen LogP contribution in [-0.2, 0) is 7.05 Å². The largest absolute Gasteiger partial charge is 0.436 e. The summed E-state index contributed by atoms with van der Waals surface area (Å²) in [5.41, 5.74) is 6.61. The second kappa shape index (κ2) is 3.93. The number of hydrogen-bond donors (Lipinski definition) is 2. The number of rotatable bonds is 2. The molecule has 0 saturated heterocycles. The molecule has 2 rings (SSSR count). The lowest BCUT2D eigenvalue weighted by Crippen LogP contribution is -2.16. The lowest BCUT2D eigenvalue weighted by Gasteiger charge is -2.04. The molecule has 2 aromatic heterocycles. The van der Waals surface area contributed by atoms with Crippen molar-refractivity contribution in [3.05, 3.63) is 23.5 Å². The van der Waals surface area contributed by atoms with Crippen molar-refractivity contribution in [1.29, 1.82) is 0 Å². The van der Waals surface area contributed by atoms with E-state index in [1.54, 1.807) is 20.9 Å². The Morgan fingerprint density at radius 1 is 1.53 bits per heavy atom. The second-order valence-electron chi connectivity index (χ2n) is 3.67. The molecule has 7 heteroatoms. The number of nitrogen functional groups attached to an aromatic ring is 1. The standard InChI is InChI=1S/C10H13N5O2/c1-5-8(17-6(2)13-5)10(16)14-9-7(11)4-12-15(9)3/h4H,11H2,1-3H3,(H,14,16). The molecule has 0 aliphatic rings. The van der Waals surface area contributed by atoms with Crippen molar-refractivity contribution in [2.45, 2.75) is 13.8 Å². The number of hydrogen-bond acceptors (Lipinski definition) is 5. The molecule has 3 N–H and O–H groups in total. The number of carbonyl (C=O) groups is 1. The van der Waals surface area contributed by atoms with Gasteiger partial charge in [-0.15, -0.1) is 0 Å². The van der Waals surface area contributed by atoms with Gasteiger partial charge < -0.3 is 15.5 Å². The maximum Gasteiger partial charge on any atom is 0.294 e. The first-order valence-corrected chi connectivity index (χ1v) is 5.02. The van der Waals surface area contributed by atoms with Gasteiger partial charge in [-0.05, 0) is 6.92 Å². The highest BCUT2D eigenvalue weighted by molar-refractivity contribution is 6.03. The smallest absolute Gasteiger partial charge is 0.294 e. The molecule has 2 aromatic rings. The Kier molecular flexibility index (Phi) is 2.58. The topological polar surface area (TPSA) is 99.0 Å². The fourth-order valence-corrected chi connectivity index (χ4v) is 1.51. The number of amides is 1. The monoisotopic (exact) mass is 235 g/mol. The van der Waals surface area contributed by atoms with E-state index < -0.39 is 5.91 Å². The normalized spacial score (nSPS) is 10.5. The van der Waals surface area contributed by atoms with Gasteiger partial charge >= 0.3 is 0 Å². The lowest BCUT2D eigenvalue weighted by molar-refractivity contribution is 0.0993. The third kappa shape index (κ3) is 1.99. The first kappa shape index (κ1) is 11.2. The summed E-state index contributed by atoms with van der Waals surface area (Å²) in [4.78, 5) is 15.9. The highest BCUT2D eigenvalue weighted by Crippen LogP contribution is 2.18. The molecule has 1 amide bonds. The fraction of sp³-hybridized carbons (Fsp3) is 0.300. The van der Waals surface area contributed by atoms with Gasteiger partial charge in [0.05, 0.1) is 17.6 Å². The summed E-state index contributed by atoms with van der Waals surface area (Å²) < 4.78 is 6.69. The Hall–Kier alpha value is -2.31. The summed E-state index contributed by atoms with van der Waals surface area (Å²) in [5, 5.41) is 6.55. The van der Waals surface area contributed by atoms with Gasteiger partial charge in [-0.2, -0.15) is 5.10 Å². The summed E-state index contributed by atoms with van der Waals surface area (Å²) in [5.74, 6) is 0.676. The molecule has 0 bridgehead atoms. The maximum absolute atomic E-state index is 11.9. The van der Waals surface area contributed by atoms with E-state index in [-0.39, 0.29) is 5.76 Å². The molecule has 0 fully saturated rings. The third-order valence-corrected chi connectivity index (χ3v) is 2.31. The number of anilines is 2. The Bertz CT molecular complexity index is 550. The van der Waals surface area contributed by atoms with Gasteiger partial charge in [0.25, 0.3) is 5.91 Å². The summed E-state index contributed by atoms with van der Waals surface area (Å²) >= 11 is 0. The van der Waals surface area contributed by atoms with Crippen molar-refractivity contribution in [2.24, 2.45) is 7.05 Å². The summed E-state index contributed by atoms with van der Waals surface area (Å²) in [6.07, 6.45) is 1.47. The van der Waals surface area contributed by atoms with E-state index in [0.29, 0.717) is 23.1 Å². The van der Waals surface area contributed by atoms with E-state index in [0.717, 1.165) is 0 Å². The number of nitrogens with two attached hydrogens (primary N) is 1. The first-order valence-electron chi connectivity index (χ1n) is 5.02. The molecule has 17 heavy (non-hydrogen) atoms. The van der Waals surface area contributed by atoms with Crippen LogP contribution in [0.15, 0.2) is 10.6 Å². The predicted octanol–water partition coefficient (Wildman–Crippen LogP) is 0.859. The third-order valence-electron chi connectivity index (χ3n) is 2.31. The van der Waals surface area contributed by atoms with Gasteiger partial charge in [0.1, 0.15) is 0 Å². The molecule has 0 unspecified atom stereocenters. The summed E-state index contributed by atoms with van der Waals surface area (Å²) in [6.45, 7) is 3.39. The van der Waals surface area contributed by atoms with Crippen LogP contribution in [0.4, 0.5) is 11.5 Å². The number of nitrogens with zero attached hydrogens (tertiary/aromatic N) is 3. The van der Waals surface area contributed by atoms with Gasteiger partial charge in [-0.3, -0.25) is 9.48 Å². The zero-order valence-corrected chi connectivity index (χ0v) is 9.81. The maximum atomic E-state index is 11.9. The average Bonchev–Trinajstić information content (AvgIpc) is 2.74.